The predicted octanol–water partition coefficient (Wildman–Crippen LogP) is 3.59. The number of benzene rings is 2. The first-order valence-electron chi connectivity index (χ1n) is 7.43. The van der Waals surface area contributed by atoms with E-state index in [-0.39, 0.29) is 12.5 Å². The van der Waals surface area contributed by atoms with E-state index in [1.807, 2.05) is 36.4 Å². The topological polar surface area (TPSA) is 47.6 Å². The Kier molecular flexibility index (Phi) is 4.00. The molecule has 0 aliphatic carbocycles. The van der Waals surface area contributed by atoms with Crippen molar-refractivity contribution in [2.45, 2.75) is 25.9 Å². The molecule has 2 aromatic rings. The Hall–Kier alpha value is -2.49. The SMILES string of the molecule is CC(C)c1cccc(NC(=O)[C@@H]2COc3ccccc3O2)c1. The Morgan fingerprint density at radius 3 is 2.68 bits per heavy atom. The molecule has 0 aromatic heterocycles. The van der Waals surface area contributed by atoms with Crippen molar-refractivity contribution in [3.05, 3.63) is 54.1 Å². The quantitative estimate of drug-likeness (QED) is 0.942. The number of hydrogen-bond donors (Lipinski definition) is 1. The van der Waals surface area contributed by atoms with E-state index in [0.717, 1.165) is 5.69 Å². The van der Waals surface area contributed by atoms with Gasteiger partial charge < -0.3 is 14.8 Å². The summed E-state index contributed by atoms with van der Waals surface area (Å²) in [7, 11) is 0. The second-order valence-electron chi connectivity index (χ2n) is 5.63. The highest BCUT2D eigenvalue weighted by Crippen LogP contribution is 2.31. The van der Waals surface area contributed by atoms with Gasteiger partial charge in [-0.15, -0.1) is 0 Å². The maximum Gasteiger partial charge on any atom is 0.269 e. The summed E-state index contributed by atoms with van der Waals surface area (Å²) in [5.41, 5.74) is 1.96. The van der Waals surface area contributed by atoms with E-state index in [2.05, 4.69) is 25.2 Å². The van der Waals surface area contributed by atoms with Crippen LogP contribution in [0.3, 0.4) is 0 Å². The molecule has 0 saturated carbocycles. The first kappa shape index (κ1) is 14.4. The lowest BCUT2D eigenvalue weighted by Gasteiger charge is -2.25. The lowest BCUT2D eigenvalue weighted by atomic mass is 10.0. The molecule has 22 heavy (non-hydrogen) atoms. The van der Waals surface area contributed by atoms with Crippen LogP contribution in [0, 0.1) is 0 Å². The Labute approximate surface area is 130 Å². The molecular weight excluding hydrogens is 278 g/mol. The largest absolute Gasteiger partial charge is 0.485 e. The van der Waals surface area contributed by atoms with Gasteiger partial charge in [-0.05, 0) is 35.7 Å². The van der Waals surface area contributed by atoms with E-state index in [9.17, 15) is 4.79 Å². The molecule has 3 rings (SSSR count). The minimum atomic E-state index is -0.641. The van der Waals surface area contributed by atoms with Gasteiger partial charge in [-0.3, -0.25) is 4.79 Å². The van der Waals surface area contributed by atoms with Crippen molar-refractivity contribution < 1.29 is 14.3 Å². The second-order valence-corrected chi connectivity index (χ2v) is 5.63. The van der Waals surface area contributed by atoms with Crippen LogP contribution in [0.4, 0.5) is 5.69 Å². The summed E-state index contributed by atoms with van der Waals surface area (Å²) in [6, 6.07) is 15.2. The molecule has 4 heteroatoms. The van der Waals surface area contributed by atoms with Gasteiger partial charge in [0.1, 0.15) is 6.61 Å². The number of rotatable bonds is 3. The molecule has 1 aliphatic heterocycles. The summed E-state index contributed by atoms with van der Waals surface area (Å²) < 4.78 is 11.3. The number of hydrogen-bond acceptors (Lipinski definition) is 3. The fourth-order valence-corrected chi connectivity index (χ4v) is 2.35. The van der Waals surface area contributed by atoms with Gasteiger partial charge in [0, 0.05) is 5.69 Å². The van der Waals surface area contributed by atoms with Crippen LogP contribution in [0.25, 0.3) is 0 Å². The average Bonchev–Trinajstić information content (AvgIpc) is 2.54. The number of carbonyl (C=O) groups excluding carboxylic acids is 1. The van der Waals surface area contributed by atoms with Gasteiger partial charge in [-0.25, -0.2) is 0 Å². The number of nitrogens with one attached hydrogen (secondary N) is 1. The lowest BCUT2D eigenvalue weighted by Crippen LogP contribution is -2.40. The van der Waals surface area contributed by atoms with Gasteiger partial charge in [0.25, 0.3) is 5.91 Å². The predicted molar refractivity (Wildman–Crippen MR) is 85.5 cm³/mol. The summed E-state index contributed by atoms with van der Waals surface area (Å²) >= 11 is 0. The summed E-state index contributed by atoms with van der Waals surface area (Å²) in [5.74, 6) is 1.49. The molecule has 0 unspecified atom stereocenters. The van der Waals surface area contributed by atoms with E-state index in [0.29, 0.717) is 17.4 Å². The fraction of sp³-hybridized carbons (Fsp3) is 0.278. The number of amides is 1. The molecule has 1 aliphatic rings. The van der Waals surface area contributed by atoms with Crippen LogP contribution in [-0.4, -0.2) is 18.6 Å². The van der Waals surface area contributed by atoms with Gasteiger partial charge in [-0.2, -0.15) is 0 Å². The Morgan fingerprint density at radius 1 is 1.14 bits per heavy atom. The molecule has 0 saturated heterocycles. The molecule has 2 aromatic carbocycles. The third kappa shape index (κ3) is 3.06. The molecule has 0 spiro atoms. The number of anilines is 1. The zero-order chi connectivity index (χ0) is 15.5. The highest BCUT2D eigenvalue weighted by molar-refractivity contribution is 5.94. The van der Waals surface area contributed by atoms with Crippen LogP contribution >= 0.6 is 0 Å². The molecule has 1 N–H and O–H groups in total. The maximum absolute atomic E-state index is 12.3. The van der Waals surface area contributed by atoms with E-state index in [1.165, 1.54) is 5.56 Å². The smallest absolute Gasteiger partial charge is 0.269 e. The molecule has 1 amide bonds. The first-order valence-corrected chi connectivity index (χ1v) is 7.43. The van der Waals surface area contributed by atoms with Crippen molar-refractivity contribution in [3.8, 4) is 11.5 Å². The number of carbonyl (C=O) groups is 1. The molecule has 1 heterocycles. The minimum Gasteiger partial charge on any atom is -0.485 e. The normalized spacial score (nSPS) is 16.4. The highest BCUT2D eigenvalue weighted by Gasteiger charge is 2.27. The van der Waals surface area contributed by atoms with Gasteiger partial charge in [0.15, 0.2) is 11.5 Å². The third-order valence-corrected chi connectivity index (χ3v) is 3.62. The standard InChI is InChI=1S/C18H19NO3/c1-12(2)13-6-5-7-14(10-13)19-18(20)17-11-21-15-8-3-4-9-16(15)22-17/h3-10,12,17H,11H2,1-2H3,(H,19,20)/t17-/m0/s1. The highest BCUT2D eigenvalue weighted by atomic mass is 16.6. The fourth-order valence-electron chi connectivity index (χ4n) is 2.35. The minimum absolute atomic E-state index is 0.199. The van der Waals surface area contributed by atoms with Crippen molar-refractivity contribution in [1.82, 2.24) is 0 Å². The Morgan fingerprint density at radius 2 is 1.91 bits per heavy atom. The molecule has 114 valence electrons. The van der Waals surface area contributed by atoms with Crippen LogP contribution in [-0.2, 0) is 4.79 Å². The molecule has 4 nitrogen and oxygen atoms in total. The van der Waals surface area contributed by atoms with Gasteiger partial charge >= 0.3 is 0 Å². The van der Waals surface area contributed by atoms with Gasteiger partial charge in [0.05, 0.1) is 0 Å². The molecule has 0 fully saturated rings. The van der Waals surface area contributed by atoms with E-state index >= 15 is 0 Å². The van der Waals surface area contributed by atoms with Crippen molar-refractivity contribution in [1.29, 1.82) is 0 Å². The maximum atomic E-state index is 12.3. The van der Waals surface area contributed by atoms with Crippen LogP contribution in [0.5, 0.6) is 11.5 Å². The van der Waals surface area contributed by atoms with Crippen molar-refractivity contribution in [2.24, 2.45) is 0 Å². The number of para-hydroxylation sites is 2. The van der Waals surface area contributed by atoms with Gasteiger partial charge in [-0.1, -0.05) is 38.1 Å². The summed E-state index contributed by atoms with van der Waals surface area (Å²) in [5, 5.41) is 2.89. The summed E-state index contributed by atoms with van der Waals surface area (Å²) in [6.45, 7) is 4.46. The molecule has 1 atom stereocenters. The monoisotopic (exact) mass is 297 g/mol. The third-order valence-electron chi connectivity index (χ3n) is 3.62. The summed E-state index contributed by atoms with van der Waals surface area (Å²) in [6.07, 6.45) is -0.641. The van der Waals surface area contributed by atoms with Crippen molar-refractivity contribution in [2.75, 3.05) is 11.9 Å². The average molecular weight is 297 g/mol. The van der Waals surface area contributed by atoms with Crippen LogP contribution in [0.15, 0.2) is 48.5 Å². The summed E-state index contributed by atoms with van der Waals surface area (Å²) in [4.78, 5) is 12.3. The van der Waals surface area contributed by atoms with E-state index in [1.54, 1.807) is 6.07 Å². The molecular formula is C18H19NO3. The second kappa shape index (κ2) is 6.10. The van der Waals surface area contributed by atoms with E-state index in [4.69, 9.17) is 9.47 Å². The van der Waals surface area contributed by atoms with Crippen LogP contribution < -0.4 is 14.8 Å². The number of ether oxygens (including phenoxy) is 2. The van der Waals surface area contributed by atoms with Crippen molar-refractivity contribution in [3.63, 3.8) is 0 Å². The number of fused-ring (bicyclic) bond motifs is 1. The van der Waals surface area contributed by atoms with Crippen LogP contribution in [0.1, 0.15) is 25.3 Å². The van der Waals surface area contributed by atoms with Gasteiger partial charge in [0.2, 0.25) is 6.10 Å². The molecule has 0 bridgehead atoms. The molecule has 0 radical (unpaired) electrons. The lowest BCUT2D eigenvalue weighted by molar-refractivity contribution is -0.125. The van der Waals surface area contributed by atoms with Crippen molar-refractivity contribution >= 4 is 11.6 Å². The first-order chi connectivity index (χ1) is 10.6. The van der Waals surface area contributed by atoms with E-state index < -0.39 is 6.10 Å². The van der Waals surface area contributed by atoms with Crippen LogP contribution in [0.2, 0.25) is 0 Å². The zero-order valence-electron chi connectivity index (χ0n) is 12.7. The zero-order valence-corrected chi connectivity index (χ0v) is 12.7. The Balaban J connectivity index is 1.69. The Bertz CT molecular complexity index is 682.